The van der Waals surface area contributed by atoms with Crippen molar-refractivity contribution in [3.63, 3.8) is 0 Å². The molecule has 0 saturated heterocycles. The number of aromatic nitrogens is 3. The standard InChI is InChI=1S/C18H13BrN4O3S/c19-12-3-5-13(6-4-12)25-11-15-8-7-14(26-15)10-20-23-17(21-22-18(23)27)16-2-1-9-24-16/h1-10H,11H2,(H,22,27)/b20-10-. The van der Waals surface area contributed by atoms with Gasteiger partial charge in [0.05, 0.1) is 12.5 Å². The average molecular weight is 445 g/mol. The van der Waals surface area contributed by atoms with E-state index in [0.717, 1.165) is 10.2 Å². The number of furan rings is 2. The summed E-state index contributed by atoms with van der Waals surface area (Å²) in [4.78, 5) is 0. The van der Waals surface area contributed by atoms with Crippen LogP contribution in [0.4, 0.5) is 0 Å². The summed E-state index contributed by atoms with van der Waals surface area (Å²) in [6.07, 6.45) is 3.12. The van der Waals surface area contributed by atoms with Crippen molar-refractivity contribution in [2.24, 2.45) is 5.10 Å². The summed E-state index contributed by atoms with van der Waals surface area (Å²) < 4.78 is 19.6. The number of rotatable bonds is 6. The Morgan fingerprint density at radius 2 is 2.07 bits per heavy atom. The highest BCUT2D eigenvalue weighted by molar-refractivity contribution is 9.10. The molecule has 27 heavy (non-hydrogen) atoms. The van der Waals surface area contributed by atoms with Crippen LogP contribution in [-0.2, 0) is 6.61 Å². The van der Waals surface area contributed by atoms with Gasteiger partial charge in [0.2, 0.25) is 10.6 Å². The molecule has 0 atom stereocenters. The van der Waals surface area contributed by atoms with Gasteiger partial charge in [-0.1, -0.05) is 15.9 Å². The summed E-state index contributed by atoms with van der Waals surface area (Å²) >= 11 is 8.60. The zero-order valence-corrected chi connectivity index (χ0v) is 16.2. The highest BCUT2D eigenvalue weighted by Crippen LogP contribution is 2.19. The predicted molar refractivity (Wildman–Crippen MR) is 105 cm³/mol. The third kappa shape index (κ3) is 4.09. The van der Waals surface area contributed by atoms with Crippen LogP contribution in [0.2, 0.25) is 0 Å². The number of hydrogen-bond acceptors (Lipinski definition) is 6. The van der Waals surface area contributed by atoms with Crippen molar-refractivity contribution in [3.05, 3.63) is 75.6 Å². The number of aromatic amines is 1. The maximum Gasteiger partial charge on any atom is 0.219 e. The number of H-pyrrole nitrogens is 1. The van der Waals surface area contributed by atoms with Crippen molar-refractivity contribution in [2.45, 2.75) is 6.61 Å². The van der Waals surface area contributed by atoms with Crippen LogP contribution in [-0.4, -0.2) is 21.1 Å². The van der Waals surface area contributed by atoms with E-state index in [1.165, 1.54) is 4.68 Å². The smallest absolute Gasteiger partial charge is 0.219 e. The molecule has 0 aliphatic heterocycles. The normalized spacial score (nSPS) is 11.3. The summed E-state index contributed by atoms with van der Waals surface area (Å²) in [6.45, 7) is 0.318. The fraction of sp³-hybridized carbons (Fsp3) is 0.0556. The van der Waals surface area contributed by atoms with Gasteiger partial charge < -0.3 is 13.6 Å². The molecule has 9 heteroatoms. The molecule has 4 rings (SSSR count). The Kier molecular flexibility index (Phi) is 5.03. The molecule has 0 fully saturated rings. The summed E-state index contributed by atoms with van der Waals surface area (Å²) in [5.41, 5.74) is 0. The summed E-state index contributed by atoms with van der Waals surface area (Å²) in [7, 11) is 0. The van der Waals surface area contributed by atoms with E-state index >= 15 is 0 Å². The number of nitrogens with one attached hydrogen (secondary N) is 1. The van der Waals surface area contributed by atoms with Crippen molar-refractivity contribution in [2.75, 3.05) is 0 Å². The van der Waals surface area contributed by atoms with Crippen molar-refractivity contribution >= 4 is 34.4 Å². The maximum atomic E-state index is 5.71. The Labute approximate surface area is 167 Å². The minimum absolute atomic E-state index is 0.318. The van der Waals surface area contributed by atoms with Crippen molar-refractivity contribution in [1.29, 1.82) is 0 Å². The van der Waals surface area contributed by atoms with Crippen LogP contribution in [0.25, 0.3) is 11.6 Å². The molecule has 0 aliphatic rings. The molecule has 0 amide bonds. The van der Waals surface area contributed by atoms with E-state index in [4.69, 9.17) is 25.8 Å². The van der Waals surface area contributed by atoms with Gasteiger partial charge in [0.15, 0.2) is 5.76 Å². The molecule has 0 aliphatic carbocycles. The third-order valence-corrected chi connectivity index (χ3v) is 4.36. The van der Waals surface area contributed by atoms with E-state index in [1.807, 2.05) is 30.3 Å². The number of hydrogen-bond donors (Lipinski definition) is 1. The molecule has 0 bridgehead atoms. The molecule has 0 radical (unpaired) electrons. The lowest BCUT2D eigenvalue weighted by Gasteiger charge is -2.03. The van der Waals surface area contributed by atoms with Crippen LogP contribution in [0.15, 0.2) is 73.2 Å². The highest BCUT2D eigenvalue weighted by Gasteiger charge is 2.10. The lowest BCUT2D eigenvalue weighted by Crippen LogP contribution is -1.94. The van der Waals surface area contributed by atoms with E-state index in [9.17, 15) is 0 Å². The quantitative estimate of drug-likeness (QED) is 0.333. The number of benzene rings is 1. The molecule has 136 valence electrons. The van der Waals surface area contributed by atoms with Crippen LogP contribution in [0.1, 0.15) is 11.5 Å². The van der Waals surface area contributed by atoms with Crippen LogP contribution in [0.5, 0.6) is 5.75 Å². The molecule has 1 N–H and O–H groups in total. The number of nitrogens with zero attached hydrogens (tertiary/aromatic N) is 3. The van der Waals surface area contributed by atoms with Gasteiger partial charge >= 0.3 is 0 Å². The molecular weight excluding hydrogens is 432 g/mol. The zero-order chi connectivity index (χ0) is 18.6. The third-order valence-electron chi connectivity index (χ3n) is 3.57. The first-order chi connectivity index (χ1) is 13.2. The minimum atomic E-state index is 0.318. The van der Waals surface area contributed by atoms with Gasteiger partial charge in [0, 0.05) is 4.47 Å². The number of halogens is 1. The topological polar surface area (TPSA) is 81.5 Å². The fourth-order valence-electron chi connectivity index (χ4n) is 2.31. The molecule has 7 nitrogen and oxygen atoms in total. The second-order valence-corrected chi connectivity index (χ2v) is 6.74. The Morgan fingerprint density at radius 3 is 2.85 bits per heavy atom. The lowest BCUT2D eigenvalue weighted by molar-refractivity contribution is 0.270. The Hall–Kier alpha value is -2.91. The van der Waals surface area contributed by atoms with Crippen LogP contribution >= 0.6 is 28.1 Å². The van der Waals surface area contributed by atoms with Gasteiger partial charge in [0.25, 0.3) is 0 Å². The van der Waals surface area contributed by atoms with Gasteiger partial charge in [-0.3, -0.25) is 0 Å². The summed E-state index contributed by atoms with van der Waals surface area (Å²) in [6, 6.07) is 14.8. The first kappa shape index (κ1) is 17.5. The first-order valence-corrected chi connectivity index (χ1v) is 9.12. The molecule has 0 spiro atoms. The van der Waals surface area contributed by atoms with Gasteiger partial charge in [-0.2, -0.15) is 9.78 Å². The molecule has 3 aromatic heterocycles. The molecular formula is C18H13BrN4O3S. The maximum absolute atomic E-state index is 5.71. The monoisotopic (exact) mass is 444 g/mol. The lowest BCUT2D eigenvalue weighted by atomic mass is 10.3. The van der Waals surface area contributed by atoms with Crippen LogP contribution < -0.4 is 4.74 Å². The Balaban J connectivity index is 1.46. The molecule has 4 aromatic rings. The molecule has 1 aromatic carbocycles. The SMILES string of the molecule is S=c1[nH]nc(-c2ccco2)n1/N=C\c1ccc(COc2ccc(Br)cc2)o1. The Bertz CT molecular complexity index is 1110. The van der Waals surface area contributed by atoms with Gasteiger partial charge in [0.1, 0.15) is 23.9 Å². The number of ether oxygens (including phenoxy) is 1. The fourth-order valence-corrected chi connectivity index (χ4v) is 2.75. The second-order valence-electron chi connectivity index (χ2n) is 5.43. The van der Waals surface area contributed by atoms with E-state index in [1.54, 1.807) is 30.7 Å². The first-order valence-electron chi connectivity index (χ1n) is 7.92. The molecule has 3 heterocycles. The van der Waals surface area contributed by atoms with Gasteiger partial charge in [-0.25, -0.2) is 5.10 Å². The average Bonchev–Trinajstić information content (AvgIpc) is 3.41. The second kappa shape index (κ2) is 7.77. The molecule has 0 saturated carbocycles. The van der Waals surface area contributed by atoms with Crippen LogP contribution in [0, 0.1) is 4.77 Å². The predicted octanol–water partition coefficient (Wildman–Crippen LogP) is 5.02. The van der Waals surface area contributed by atoms with E-state index in [2.05, 4.69) is 31.2 Å². The Morgan fingerprint density at radius 1 is 1.22 bits per heavy atom. The minimum Gasteiger partial charge on any atom is -0.486 e. The van der Waals surface area contributed by atoms with E-state index < -0.39 is 0 Å². The zero-order valence-electron chi connectivity index (χ0n) is 13.8. The van der Waals surface area contributed by atoms with Gasteiger partial charge in [-0.15, -0.1) is 5.10 Å². The van der Waals surface area contributed by atoms with Crippen molar-refractivity contribution in [1.82, 2.24) is 14.9 Å². The van der Waals surface area contributed by atoms with Crippen molar-refractivity contribution in [3.8, 4) is 17.3 Å². The molecule has 0 unspecified atom stereocenters. The summed E-state index contributed by atoms with van der Waals surface area (Å²) in [5, 5.41) is 11.2. The van der Waals surface area contributed by atoms with E-state index in [0.29, 0.717) is 34.5 Å². The van der Waals surface area contributed by atoms with Crippen LogP contribution in [0.3, 0.4) is 0 Å². The largest absolute Gasteiger partial charge is 0.486 e. The van der Waals surface area contributed by atoms with E-state index in [-0.39, 0.29) is 0 Å². The highest BCUT2D eigenvalue weighted by atomic mass is 79.9. The van der Waals surface area contributed by atoms with Crippen molar-refractivity contribution < 1.29 is 13.6 Å². The summed E-state index contributed by atoms with van der Waals surface area (Å²) in [5.74, 6) is 3.05. The van der Waals surface area contributed by atoms with Gasteiger partial charge in [-0.05, 0) is 60.7 Å².